The van der Waals surface area contributed by atoms with E-state index in [2.05, 4.69) is 36.5 Å². The van der Waals surface area contributed by atoms with Gasteiger partial charge in [-0.15, -0.1) is 0 Å². The predicted octanol–water partition coefficient (Wildman–Crippen LogP) is 2.70. The highest BCUT2D eigenvalue weighted by Crippen LogP contribution is 2.20. The Balaban J connectivity index is 1.82. The summed E-state index contributed by atoms with van der Waals surface area (Å²) in [6, 6.07) is 1.81. The van der Waals surface area contributed by atoms with Gasteiger partial charge in [-0.05, 0) is 31.1 Å². The molecule has 0 aromatic carbocycles. The number of carbonyl (C=O) groups is 2. The third-order valence-corrected chi connectivity index (χ3v) is 4.36. The Kier molecular flexibility index (Phi) is 7.28. The van der Waals surface area contributed by atoms with Crippen LogP contribution in [-0.2, 0) is 11.3 Å². The average Bonchev–Trinajstić information content (AvgIpc) is 3.00. The van der Waals surface area contributed by atoms with Crippen molar-refractivity contribution in [3.63, 3.8) is 0 Å². The fraction of sp³-hybridized carbons (Fsp3) is 0.722. The minimum atomic E-state index is -0.0140. The number of aromatic nitrogens is 2. The van der Waals surface area contributed by atoms with Crippen LogP contribution in [-0.4, -0.2) is 46.3 Å². The van der Waals surface area contributed by atoms with E-state index in [1.807, 2.05) is 15.6 Å². The van der Waals surface area contributed by atoms with E-state index in [1.54, 1.807) is 6.20 Å². The second-order valence-corrected chi connectivity index (χ2v) is 7.23. The third kappa shape index (κ3) is 6.07. The largest absolute Gasteiger partial charge is 0.338 e. The summed E-state index contributed by atoms with van der Waals surface area (Å²) in [7, 11) is 0. The van der Waals surface area contributed by atoms with Crippen molar-refractivity contribution in [2.45, 2.75) is 53.0 Å². The zero-order chi connectivity index (χ0) is 18.2. The zero-order valence-corrected chi connectivity index (χ0v) is 15.6. The first-order valence-electron chi connectivity index (χ1n) is 9.34. The molecule has 3 amide bonds. The maximum atomic E-state index is 12.4. The van der Waals surface area contributed by atoms with Gasteiger partial charge in [-0.1, -0.05) is 20.8 Å². The van der Waals surface area contributed by atoms with Gasteiger partial charge in [-0.2, -0.15) is 5.10 Å². The van der Waals surface area contributed by atoms with Crippen LogP contribution in [0.5, 0.6) is 0 Å². The summed E-state index contributed by atoms with van der Waals surface area (Å²) < 4.78 is 1.81. The molecule has 7 heteroatoms. The first kappa shape index (κ1) is 19.3. The number of hydrogen-bond acceptors (Lipinski definition) is 3. The molecular formula is C18H31N5O2. The summed E-state index contributed by atoms with van der Waals surface area (Å²) in [5, 5.41) is 10.1. The van der Waals surface area contributed by atoms with Crippen molar-refractivity contribution in [1.82, 2.24) is 20.0 Å². The van der Waals surface area contributed by atoms with E-state index >= 15 is 0 Å². The van der Waals surface area contributed by atoms with Crippen molar-refractivity contribution in [2.75, 3.05) is 25.0 Å². The lowest BCUT2D eigenvalue weighted by atomic mass is 9.94. The normalized spacial score (nSPS) is 17.6. The van der Waals surface area contributed by atoms with Crippen LogP contribution < -0.4 is 10.6 Å². The summed E-state index contributed by atoms with van der Waals surface area (Å²) in [6.07, 6.45) is 5.03. The van der Waals surface area contributed by atoms with Crippen LogP contribution in [0.1, 0.15) is 46.5 Å². The Hall–Kier alpha value is -2.05. The maximum absolute atomic E-state index is 12.4. The first-order chi connectivity index (χ1) is 12.0. The Morgan fingerprint density at radius 1 is 1.40 bits per heavy atom. The van der Waals surface area contributed by atoms with Crippen molar-refractivity contribution in [1.29, 1.82) is 0 Å². The Bertz CT molecular complexity index is 570. The summed E-state index contributed by atoms with van der Waals surface area (Å²) in [4.78, 5) is 26.4. The molecular weight excluding hydrogens is 318 g/mol. The number of likely N-dealkylation sites (tertiary alicyclic amines) is 1. The quantitative estimate of drug-likeness (QED) is 0.794. The molecule has 1 unspecified atom stereocenters. The van der Waals surface area contributed by atoms with Gasteiger partial charge in [0.05, 0.1) is 6.20 Å². The van der Waals surface area contributed by atoms with E-state index < -0.39 is 0 Å². The van der Waals surface area contributed by atoms with Crippen LogP contribution in [0.3, 0.4) is 0 Å². The summed E-state index contributed by atoms with van der Waals surface area (Å²) in [6.45, 7) is 9.11. The van der Waals surface area contributed by atoms with Gasteiger partial charge in [-0.3, -0.25) is 4.79 Å². The number of nitrogens with zero attached hydrogens (tertiary/aromatic N) is 3. The van der Waals surface area contributed by atoms with Crippen LogP contribution in [0.15, 0.2) is 12.3 Å². The predicted molar refractivity (Wildman–Crippen MR) is 98.3 cm³/mol. The lowest BCUT2D eigenvalue weighted by Crippen LogP contribution is -2.46. The molecule has 0 saturated carbocycles. The van der Waals surface area contributed by atoms with E-state index in [4.69, 9.17) is 0 Å². The molecule has 7 nitrogen and oxygen atoms in total. The smallest absolute Gasteiger partial charge is 0.317 e. The molecule has 0 bridgehead atoms. The summed E-state index contributed by atoms with van der Waals surface area (Å²) in [5.41, 5.74) is 0. The molecule has 2 heterocycles. The molecule has 140 valence electrons. The number of carbonyl (C=O) groups excluding carboxylic acids is 2. The molecule has 1 aliphatic rings. The second-order valence-electron chi connectivity index (χ2n) is 7.23. The first-order valence-corrected chi connectivity index (χ1v) is 9.34. The number of urea groups is 1. The number of hydrogen-bond donors (Lipinski definition) is 2. The van der Waals surface area contributed by atoms with E-state index in [0.29, 0.717) is 25.4 Å². The highest BCUT2D eigenvalue weighted by atomic mass is 16.2. The molecule has 0 aliphatic carbocycles. The van der Waals surface area contributed by atoms with Gasteiger partial charge in [-0.25, -0.2) is 9.48 Å². The minimum absolute atomic E-state index is 0.00714. The van der Waals surface area contributed by atoms with Crippen molar-refractivity contribution in [3.05, 3.63) is 12.3 Å². The van der Waals surface area contributed by atoms with Gasteiger partial charge in [0, 0.05) is 38.7 Å². The molecule has 2 N–H and O–H groups in total. The van der Waals surface area contributed by atoms with Crippen LogP contribution in [0.25, 0.3) is 0 Å². The summed E-state index contributed by atoms with van der Waals surface area (Å²) in [5.74, 6) is 1.38. The number of anilines is 1. The highest BCUT2D eigenvalue weighted by Gasteiger charge is 2.25. The molecule has 1 aromatic rings. The molecule has 1 saturated heterocycles. The van der Waals surface area contributed by atoms with Crippen molar-refractivity contribution < 1.29 is 9.59 Å². The van der Waals surface area contributed by atoms with E-state index in [0.717, 1.165) is 38.2 Å². The Morgan fingerprint density at radius 3 is 2.92 bits per heavy atom. The molecule has 1 aromatic heterocycles. The fourth-order valence-electron chi connectivity index (χ4n) is 3.10. The number of aryl methyl sites for hydroxylation is 1. The maximum Gasteiger partial charge on any atom is 0.317 e. The van der Waals surface area contributed by atoms with Crippen molar-refractivity contribution in [3.8, 4) is 0 Å². The van der Waals surface area contributed by atoms with E-state index in [1.165, 1.54) is 0 Å². The fourth-order valence-corrected chi connectivity index (χ4v) is 3.10. The number of piperidine rings is 1. The number of rotatable bonds is 7. The third-order valence-electron chi connectivity index (χ3n) is 4.36. The van der Waals surface area contributed by atoms with Gasteiger partial charge >= 0.3 is 6.03 Å². The van der Waals surface area contributed by atoms with E-state index in [-0.39, 0.29) is 17.9 Å². The molecule has 0 radical (unpaired) electrons. The van der Waals surface area contributed by atoms with Crippen molar-refractivity contribution in [2.24, 2.45) is 11.8 Å². The van der Waals surface area contributed by atoms with E-state index in [9.17, 15) is 9.59 Å². The van der Waals surface area contributed by atoms with Crippen LogP contribution >= 0.6 is 0 Å². The molecule has 25 heavy (non-hydrogen) atoms. The van der Waals surface area contributed by atoms with Crippen LogP contribution in [0.4, 0.5) is 10.6 Å². The average molecular weight is 349 g/mol. The number of nitrogens with one attached hydrogen (secondary N) is 2. The van der Waals surface area contributed by atoms with Gasteiger partial charge in [0.2, 0.25) is 5.91 Å². The molecule has 1 fully saturated rings. The molecule has 0 spiro atoms. The second kappa shape index (κ2) is 9.44. The number of amides is 3. The molecule has 2 rings (SSSR count). The van der Waals surface area contributed by atoms with Gasteiger partial charge < -0.3 is 15.5 Å². The van der Waals surface area contributed by atoms with Gasteiger partial charge in [0.15, 0.2) is 0 Å². The molecule has 1 atom stereocenters. The highest BCUT2D eigenvalue weighted by molar-refractivity contribution is 5.90. The molecule has 1 aliphatic heterocycles. The Morgan fingerprint density at radius 2 is 2.20 bits per heavy atom. The van der Waals surface area contributed by atoms with Crippen LogP contribution in [0.2, 0.25) is 0 Å². The van der Waals surface area contributed by atoms with Gasteiger partial charge in [0.1, 0.15) is 5.82 Å². The monoisotopic (exact) mass is 349 g/mol. The zero-order valence-electron chi connectivity index (χ0n) is 15.6. The lowest BCUT2D eigenvalue weighted by molar-refractivity contribution is -0.117. The van der Waals surface area contributed by atoms with Crippen LogP contribution in [0, 0.1) is 11.8 Å². The SMILES string of the molecule is CCCn1nccc1NC(=O)CC1CCCN(C(=O)NCC(C)C)C1. The lowest BCUT2D eigenvalue weighted by Gasteiger charge is -2.32. The minimum Gasteiger partial charge on any atom is -0.338 e. The summed E-state index contributed by atoms with van der Waals surface area (Å²) >= 11 is 0. The topological polar surface area (TPSA) is 79.3 Å². The Labute approximate surface area is 150 Å². The standard InChI is InChI=1S/C18H31N5O2/c1-4-9-23-16(7-8-20-23)21-17(24)11-15-6-5-10-22(13-15)18(25)19-12-14(2)3/h7-8,14-15H,4-6,9-13H2,1-3H3,(H,19,25)(H,21,24). The van der Waals surface area contributed by atoms with Gasteiger partial charge in [0.25, 0.3) is 0 Å². The van der Waals surface area contributed by atoms with Crippen molar-refractivity contribution >= 4 is 17.8 Å².